The van der Waals surface area contributed by atoms with Crippen molar-refractivity contribution in [3.8, 4) is 0 Å². The number of ether oxygens (including phenoxy) is 1. The second-order valence-electron chi connectivity index (χ2n) is 6.30. The predicted octanol–water partition coefficient (Wildman–Crippen LogP) is 3.55. The average Bonchev–Trinajstić information content (AvgIpc) is 2.90. The van der Waals surface area contributed by atoms with Gasteiger partial charge in [0.15, 0.2) is 12.4 Å². The van der Waals surface area contributed by atoms with Gasteiger partial charge >= 0.3 is 5.97 Å². The number of esters is 1. The van der Waals surface area contributed by atoms with E-state index in [4.69, 9.17) is 14.2 Å². The number of nitrogens with zero attached hydrogens (tertiary/aromatic N) is 3. The molecule has 4 rings (SSSR count). The predicted molar refractivity (Wildman–Crippen MR) is 91.2 cm³/mol. The Labute approximate surface area is 145 Å². The van der Waals surface area contributed by atoms with E-state index < -0.39 is 0 Å². The van der Waals surface area contributed by atoms with Gasteiger partial charge in [-0.2, -0.15) is 4.98 Å². The van der Waals surface area contributed by atoms with Gasteiger partial charge in [-0.15, -0.1) is 0 Å². The van der Waals surface area contributed by atoms with E-state index in [1.54, 1.807) is 6.92 Å². The summed E-state index contributed by atoms with van der Waals surface area (Å²) in [5.74, 6) is 0.470. The summed E-state index contributed by atoms with van der Waals surface area (Å²) in [6.07, 6.45) is 5.09. The smallest absolute Gasteiger partial charge is 0.339 e. The van der Waals surface area contributed by atoms with Gasteiger partial charge in [-0.1, -0.05) is 29.8 Å². The highest BCUT2D eigenvalue weighted by Crippen LogP contribution is 2.29. The van der Waals surface area contributed by atoms with Crippen LogP contribution in [-0.4, -0.2) is 21.1 Å². The zero-order valence-electron chi connectivity index (χ0n) is 14.1. The van der Waals surface area contributed by atoms with Crippen LogP contribution in [0.5, 0.6) is 0 Å². The second-order valence-corrected chi connectivity index (χ2v) is 6.30. The number of fused-ring (bicyclic) bond motifs is 2. The Balaban J connectivity index is 1.73. The number of aromatic nitrogens is 3. The van der Waals surface area contributed by atoms with Gasteiger partial charge in [0.2, 0.25) is 0 Å². The van der Waals surface area contributed by atoms with Crippen LogP contribution in [0.15, 0.2) is 28.8 Å². The van der Waals surface area contributed by atoms with Crippen LogP contribution in [0.4, 0.5) is 0 Å². The second kappa shape index (κ2) is 6.63. The zero-order chi connectivity index (χ0) is 17.2. The third-order valence-electron chi connectivity index (χ3n) is 4.52. The number of aryl methyl sites for hydroxylation is 2. The van der Waals surface area contributed by atoms with Gasteiger partial charge < -0.3 is 9.26 Å². The van der Waals surface area contributed by atoms with Crippen LogP contribution in [0.1, 0.15) is 52.6 Å². The monoisotopic (exact) mass is 337 g/mol. The van der Waals surface area contributed by atoms with E-state index in [9.17, 15) is 4.79 Å². The van der Waals surface area contributed by atoms with Crippen LogP contribution >= 0.6 is 0 Å². The summed E-state index contributed by atoms with van der Waals surface area (Å²) in [7, 11) is 0. The molecule has 0 saturated carbocycles. The lowest BCUT2D eigenvalue weighted by Crippen LogP contribution is -2.12. The van der Waals surface area contributed by atoms with Gasteiger partial charge in [0.25, 0.3) is 5.89 Å². The zero-order valence-corrected chi connectivity index (χ0v) is 14.1. The number of para-hydroxylation sites is 1. The molecule has 0 atom stereocenters. The Kier molecular flexibility index (Phi) is 4.17. The lowest BCUT2D eigenvalue weighted by Gasteiger charge is -2.14. The maximum atomic E-state index is 12.9. The molecule has 0 fully saturated rings. The quantitative estimate of drug-likeness (QED) is 0.537. The van der Waals surface area contributed by atoms with Gasteiger partial charge in [0.05, 0.1) is 11.1 Å². The normalized spacial score (nSPS) is 14.1. The fourth-order valence-corrected chi connectivity index (χ4v) is 3.38. The number of carbonyl (C=O) groups is 1. The minimum atomic E-state index is -0.354. The number of pyridine rings is 1. The van der Waals surface area contributed by atoms with Crippen LogP contribution < -0.4 is 0 Å². The first-order valence-electron chi connectivity index (χ1n) is 8.59. The van der Waals surface area contributed by atoms with Crippen molar-refractivity contribution in [2.45, 2.75) is 45.6 Å². The summed E-state index contributed by atoms with van der Waals surface area (Å²) in [5.41, 5.74) is 3.53. The highest BCUT2D eigenvalue weighted by Gasteiger charge is 2.23. The average molecular weight is 337 g/mol. The SMILES string of the molecule is Cc1noc(COC(=O)c2c3c(nc4ccccc24)CCCCC3)n1. The largest absolute Gasteiger partial charge is 0.452 e. The Morgan fingerprint density at radius 3 is 2.84 bits per heavy atom. The molecule has 1 aliphatic carbocycles. The first-order valence-corrected chi connectivity index (χ1v) is 8.59. The maximum Gasteiger partial charge on any atom is 0.339 e. The molecule has 128 valence electrons. The molecule has 25 heavy (non-hydrogen) atoms. The topological polar surface area (TPSA) is 78.1 Å². The van der Waals surface area contributed by atoms with Gasteiger partial charge in [-0.3, -0.25) is 4.98 Å². The molecule has 0 N–H and O–H groups in total. The Morgan fingerprint density at radius 1 is 1.16 bits per heavy atom. The lowest BCUT2D eigenvalue weighted by atomic mass is 9.97. The fraction of sp³-hybridized carbons (Fsp3) is 0.368. The number of rotatable bonds is 3. The molecule has 0 bridgehead atoms. The lowest BCUT2D eigenvalue weighted by molar-refractivity contribution is 0.0430. The summed E-state index contributed by atoms with van der Waals surface area (Å²) in [5, 5.41) is 4.55. The first kappa shape index (κ1) is 15.7. The van der Waals surface area contributed by atoms with E-state index in [1.807, 2.05) is 24.3 Å². The molecule has 1 aromatic carbocycles. The van der Waals surface area contributed by atoms with Crippen molar-refractivity contribution in [1.29, 1.82) is 0 Å². The van der Waals surface area contributed by atoms with Crippen LogP contribution in [0.2, 0.25) is 0 Å². The molecule has 6 nitrogen and oxygen atoms in total. The molecule has 3 aromatic rings. The number of hydrogen-bond donors (Lipinski definition) is 0. The summed E-state index contributed by atoms with van der Waals surface area (Å²) < 4.78 is 10.5. The van der Waals surface area contributed by atoms with Crippen molar-refractivity contribution in [1.82, 2.24) is 15.1 Å². The maximum absolute atomic E-state index is 12.9. The van der Waals surface area contributed by atoms with Crippen LogP contribution in [-0.2, 0) is 24.2 Å². The molecule has 0 aliphatic heterocycles. The molecule has 0 spiro atoms. The summed E-state index contributed by atoms with van der Waals surface area (Å²) in [6.45, 7) is 1.70. The van der Waals surface area contributed by atoms with Gasteiger partial charge in [0.1, 0.15) is 0 Å². The molecule has 6 heteroatoms. The minimum Gasteiger partial charge on any atom is -0.452 e. The molecule has 0 radical (unpaired) electrons. The van der Waals surface area contributed by atoms with Crippen molar-refractivity contribution in [3.63, 3.8) is 0 Å². The molecule has 0 unspecified atom stereocenters. The van der Waals surface area contributed by atoms with Gasteiger partial charge in [0, 0.05) is 11.1 Å². The third-order valence-corrected chi connectivity index (χ3v) is 4.52. The summed E-state index contributed by atoms with van der Waals surface area (Å²) in [6, 6.07) is 7.74. The van der Waals surface area contributed by atoms with Crippen molar-refractivity contribution in [3.05, 3.63) is 52.8 Å². The van der Waals surface area contributed by atoms with Crippen molar-refractivity contribution < 1.29 is 14.1 Å². The van der Waals surface area contributed by atoms with Crippen molar-refractivity contribution in [2.75, 3.05) is 0 Å². The van der Waals surface area contributed by atoms with Crippen molar-refractivity contribution >= 4 is 16.9 Å². The number of carbonyl (C=O) groups excluding carboxylic acids is 1. The minimum absolute atomic E-state index is 0.0227. The highest BCUT2D eigenvalue weighted by molar-refractivity contribution is 6.05. The molecular weight excluding hydrogens is 318 g/mol. The van der Waals surface area contributed by atoms with Gasteiger partial charge in [-0.05, 0) is 44.2 Å². The van der Waals surface area contributed by atoms with Crippen molar-refractivity contribution in [2.24, 2.45) is 0 Å². The van der Waals surface area contributed by atoms with E-state index in [0.29, 0.717) is 17.3 Å². The highest BCUT2D eigenvalue weighted by atomic mass is 16.6. The number of hydrogen-bond acceptors (Lipinski definition) is 6. The standard InChI is InChI=1S/C19H19N3O3/c1-12-20-17(25-22-12)11-24-19(23)18-13-7-3-2-4-9-15(13)21-16-10-6-5-8-14(16)18/h5-6,8,10H,2-4,7,9,11H2,1H3. The molecule has 0 saturated heterocycles. The Bertz CT molecular complexity index is 933. The Hall–Kier alpha value is -2.76. The van der Waals surface area contributed by atoms with E-state index >= 15 is 0 Å². The summed E-state index contributed by atoms with van der Waals surface area (Å²) in [4.78, 5) is 21.7. The van der Waals surface area contributed by atoms with Gasteiger partial charge in [-0.25, -0.2) is 4.79 Å². The molecule has 2 aromatic heterocycles. The fourth-order valence-electron chi connectivity index (χ4n) is 3.38. The Morgan fingerprint density at radius 2 is 2.00 bits per heavy atom. The third kappa shape index (κ3) is 3.12. The molecular formula is C19H19N3O3. The van der Waals surface area contributed by atoms with Crippen LogP contribution in [0, 0.1) is 6.92 Å². The molecule has 1 aliphatic rings. The molecule has 0 amide bonds. The van der Waals surface area contributed by atoms with Crippen LogP contribution in [0.25, 0.3) is 10.9 Å². The van der Waals surface area contributed by atoms with E-state index in [-0.39, 0.29) is 12.6 Å². The van der Waals surface area contributed by atoms with E-state index in [1.165, 1.54) is 0 Å². The van der Waals surface area contributed by atoms with E-state index in [0.717, 1.165) is 54.3 Å². The number of benzene rings is 1. The molecule has 2 heterocycles. The van der Waals surface area contributed by atoms with Crippen LogP contribution in [0.3, 0.4) is 0 Å². The first-order chi connectivity index (χ1) is 12.2. The summed E-state index contributed by atoms with van der Waals surface area (Å²) >= 11 is 0. The van der Waals surface area contributed by atoms with E-state index in [2.05, 4.69) is 10.1 Å².